The molecule has 0 atom stereocenters. The Kier molecular flexibility index (Phi) is 8.10. The van der Waals surface area contributed by atoms with Crippen molar-refractivity contribution in [1.82, 2.24) is 19.8 Å². The molecule has 0 saturated heterocycles. The van der Waals surface area contributed by atoms with Crippen LogP contribution in [0.2, 0.25) is 0 Å². The molecule has 3 rings (SSSR count). The van der Waals surface area contributed by atoms with E-state index in [0.29, 0.717) is 12.4 Å². The van der Waals surface area contributed by atoms with Gasteiger partial charge in [0, 0.05) is 38.1 Å². The zero-order chi connectivity index (χ0) is 19.2. The number of aryl methyl sites for hydroxylation is 2. The van der Waals surface area contributed by atoms with Crippen molar-refractivity contribution in [2.24, 2.45) is 12.0 Å². The van der Waals surface area contributed by atoms with Crippen molar-refractivity contribution in [3.05, 3.63) is 65.8 Å². The SMILES string of the molecule is CCNC(=NCc1coc(-c2ccc(C)cc2)n1)N(C)Cc1cccn1C.I. The lowest BCUT2D eigenvalue weighted by atomic mass is 10.1. The van der Waals surface area contributed by atoms with Gasteiger partial charge in [-0.25, -0.2) is 9.98 Å². The van der Waals surface area contributed by atoms with Crippen molar-refractivity contribution in [1.29, 1.82) is 0 Å². The minimum atomic E-state index is 0. The lowest BCUT2D eigenvalue weighted by molar-refractivity contribution is 0.461. The van der Waals surface area contributed by atoms with Crippen molar-refractivity contribution in [2.75, 3.05) is 13.6 Å². The molecule has 0 spiro atoms. The normalized spacial score (nSPS) is 11.2. The highest BCUT2D eigenvalue weighted by atomic mass is 127. The van der Waals surface area contributed by atoms with Crippen molar-refractivity contribution in [3.63, 3.8) is 0 Å². The van der Waals surface area contributed by atoms with E-state index in [0.717, 1.165) is 30.3 Å². The number of aromatic nitrogens is 2. The zero-order valence-corrected chi connectivity index (χ0v) is 19.2. The van der Waals surface area contributed by atoms with E-state index in [1.165, 1.54) is 11.3 Å². The molecule has 1 aromatic carbocycles. The Morgan fingerprint density at radius 3 is 2.64 bits per heavy atom. The average molecular weight is 493 g/mol. The maximum absolute atomic E-state index is 5.63. The second kappa shape index (κ2) is 10.3. The van der Waals surface area contributed by atoms with E-state index in [4.69, 9.17) is 9.41 Å². The van der Waals surface area contributed by atoms with Crippen LogP contribution in [-0.4, -0.2) is 34.0 Å². The maximum atomic E-state index is 5.63. The quantitative estimate of drug-likeness (QED) is 0.318. The molecule has 0 unspecified atom stereocenters. The molecule has 0 saturated carbocycles. The minimum absolute atomic E-state index is 0. The molecule has 0 fully saturated rings. The summed E-state index contributed by atoms with van der Waals surface area (Å²) in [6, 6.07) is 12.3. The van der Waals surface area contributed by atoms with E-state index in [1.807, 2.05) is 19.2 Å². The number of hydrogen-bond acceptors (Lipinski definition) is 3. The van der Waals surface area contributed by atoms with Gasteiger partial charge in [-0.15, -0.1) is 24.0 Å². The third-order valence-corrected chi connectivity index (χ3v) is 4.39. The first-order valence-corrected chi connectivity index (χ1v) is 9.18. The lowest BCUT2D eigenvalue weighted by Crippen LogP contribution is -2.38. The topological polar surface area (TPSA) is 58.6 Å². The van der Waals surface area contributed by atoms with Gasteiger partial charge in [-0.3, -0.25) is 0 Å². The van der Waals surface area contributed by atoms with Gasteiger partial charge in [0.05, 0.1) is 13.1 Å². The van der Waals surface area contributed by atoms with Crippen molar-refractivity contribution in [2.45, 2.75) is 26.9 Å². The van der Waals surface area contributed by atoms with Crippen LogP contribution in [0.1, 0.15) is 23.9 Å². The molecular formula is C21H28IN5O. The molecule has 28 heavy (non-hydrogen) atoms. The Bertz CT molecular complexity index is 898. The van der Waals surface area contributed by atoms with Gasteiger partial charge >= 0.3 is 0 Å². The van der Waals surface area contributed by atoms with E-state index in [1.54, 1.807) is 6.26 Å². The first kappa shape index (κ1) is 22.0. The number of nitrogens with one attached hydrogen (secondary N) is 1. The Labute approximate surface area is 183 Å². The third kappa shape index (κ3) is 5.60. The fourth-order valence-electron chi connectivity index (χ4n) is 2.81. The van der Waals surface area contributed by atoms with Gasteiger partial charge in [0.25, 0.3) is 0 Å². The number of benzene rings is 1. The van der Waals surface area contributed by atoms with E-state index < -0.39 is 0 Å². The summed E-state index contributed by atoms with van der Waals surface area (Å²) >= 11 is 0. The maximum Gasteiger partial charge on any atom is 0.226 e. The first-order valence-electron chi connectivity index (χ1n) is 9.18. The molecule has 6 nitrogen and oxygen atoms in total. The summed E-state index contributed by atoms with van der Waals surface area (Å²) in [5.74, 6) is 1.47. The number of aliphatic imine (C=N–C) groups is 1. The summed E-state index contributed by atoms with van der Waals surface area (Å²) in [5.41, 5.74) is 4.23. The third-order valence-electron chi connectivity index (χ3n) is 4.39. The van der Waals surface area contributed by atoms with E-state index in [9.17, 15) is 0 Å². The zero-order valence-electron chi connectivity index (χ0n) is 16.8. The molecule has 1 N–H and O–H groups in total. The van der Waals surface area contributed by atoms with Gasteiger partial charge in [-0.1, -0.05) is 17.7 Å². The Morgan fingerprint density at radius 1 is 1.25 bits per heavy atom. The Hall–Kier alpha value is -2.29. The van der Waals surface area contributed by atoms with Crippen molar-refractivity contribution in [3.8, 4) is 11.5 Å². The summed E-state index contributed by atoms with van der Waals surface area (Å²) < 4.78 is 7.74. The summed E-state index contributed by atoms with van der Waals surface area (Å²) in [6.45, 7) is 6.19. The second-order valence-electron chi connectivity index (χ2n) is 6.65. The summed E-state index contributed by atoms with van der Waals surface area (Å²) in [5, 5.41) is 3.34. The minimum Gasteiger partial charge on any atom is -0.444 e. The average Bonchev–Trinajstić information content (AvgIpc) is 3.29. The molecule has 0 aliphatic carbocycles. The molecule has 3 aromatic rings. The molecule has 0 aliphatic rings. The monoisotopic (exact) mass is 493 g/mol. The Balaban J connectivity index is 0.00000280. The van der Waals surface area contributed by atoms with Gasteiger partial charge in [0.2, 0.25) is 5.89 Å². The smallest absolute Gasteiger partial charge is 0.226 e. The van der Waals surface area contributed by atoms with Gasteiger partial charge in [0.15, 0.2) is 5.96 Å². The van der Waals surface area contributed by atoms with Gasteiger partial charge in [-0.2, -0.15) is 0 Å². The van der Waals surface area contributed by atoms with Crippen LogP contribution < -0.4 is 5.32 Å². The number of oxazole rings is 1. The van der Waals surface area contributed by atoms with Crippen LogP contribution in [0.4, 0.5) is 0 Å². The molecule has 2 aromatic heterocycles. The van der Waals surface area contributed by atoms with Gasteiger partial charge in [0.1, 0.15) is 12.0 Å². The van der Waals surface area contributed by atoms with Crippen molar-refractivity contribution < 1.29 is 4.42 Å². The molecule has 0 amide bonds. The highest BCUT2D eigenvalue weighted by Crippen LogP contribution is 2.19. The molecule has 7 heteroatoms. The lowest BCUT2D eigenvalue weighted by Gasteiger charge is -2.22. The van der Waals surface area contributed by atoms with Gasteiger partial charge in [-0.05, 0) is 38.1 Å². The fourth-order valence-corrected chi connectivity index (χ4v) is 2.81. The molecule has 0 radical (unpaired) electrons. The van der Waals surface area contributed by atoms with E-state index >= 15 is 0 Å². The largest absolute Gasteiger partial charge is 0.444 e. The standard InChI is InChI=1S/C21H27N5O.HI/c1-5-22-21(26(4)14-19-7-6-12-25(19)3)23-13-18-15-27-20(24-18)17-10-8-16(2)9-11-17;/h6-12,15H,5,13-14H2,1-4H3,(H,22,23);1H. The van der Waals surface area contributed by atoms with Crippen LogP contribution in [0, 0.1) is 6.92 Å². The van der Waals surface area contributed by atoms with Crippen LogP contribution in [0.25, 0.3) is 11.5 Å². The summed E-state index contributed by atoms with van der Waals surface area (Å²) in [4.78, 5) is 11.4. The highest BCUT2D eigenvalue weighted by molar-refractivity contribution is 14.0. The fraction of sp³-hybridized carbons (Fsp3) is 0.333. The number of nitrogens with zero attached hydrogens (tertiary/aromatic N) is 4. The predicted octanol–water partition coefficient (Wildman–Crippen LogP) is 4.20. The van der Waals surface area contributed by atoms with E-state index in [-0.39, 0.29) is 24.0 Å². The van der Waals surface area contributed by atoms with Crippen LogP contribution >= 0.6 is 24.0 Å². The van der Waals surface area contributed by atoms with Crippen LogP contribution in [0.5, 0.6) is 0 Å². The van der Waals surface area contributed by atoms with Crippen LogP contribution in [0.3, 0.4) is 0 Å². The highest BCUT2D eigenvalue weighted by Gasteiger charge is 2.10. The Morgan fingerprint density at radius 2 is 2.00 bits per heavy atom. The summed E-state index contributed by atoms with van der Waals surface area (Å²) in [6.07, 6.45) is 3.73. The number of halogens is 1. The van der Waals surface area contributed by atoms with Crippen LogP contribution in [-0.2, 0) is 20.1 Å². The number of rotatable bonds is 6. The van der Waals surface area contributed by atoms with E-state index in [2.05, 4.69) is 71.1 Å². The first-order chi connectivity index (χ1) is 13.1. The van der Waals surface area contributed by atoms with Crippen LogP contribution in [0.15, 0.2) is 58.3 Å². The van der Waals surface area contributed by atoms with Crippen molar-refractivity contribution >= 4 is 29.9 Å². The molecular weight excluding hydrogens is 465 g/mol. The number of guanidine groups is 1. The number of hydrogen-bond donors (Lipinski definition) is 1. The molecule has 0 bridgehead atoms. The van der Waals surface area contributed by atoms with Gasteiger partial charge < -0.3 is 19.2 Å². The summed E-state index contributed by atoms with van der Waals surface area (Å²) in [7, 11) is 4.09. The molecule has 0 aliphatic heterocycles. The molecule has 150 valence electrons. The predicted molar refractivity (Wildman–Crippen MR) is 124 cm³/mol. The second-order valence-corrected chi connectivity index (χ2v) is 6.65. The molecule has 2 heterocycles.